The van der Waals surface area contributed by atoms with Crippen molar-refractivity contribution in [3.05, 3.63) is 23.8 Å². The van der Waals surface area contributed by atoms with Crippen LogP contribution >= 0.6 is 0 Å². The number of anilines is 1. The van der Waals surface area contributed by atoms with Crippen molar-refractivity contribution >= 4 is 25.5 Å². The molecule has 0 saturated heterocycles. The number of carbonyl (C=O) groups is 1. The molecule has 2 rings (SSSR count). The summed E-state index contributed by atoms with van der Waals surface area (Å²) in [7, 11) is -2.12. The van der Waals surface area contributed by atoms with E-state index in [-0.39, 0.29) is 10.9 Å². The Morgan fingerprint density at radius 2 is 1.83 bits per heavy atom. The normalized spacial score (nSPS) is 16.5. The fourth-order valence-corrected chi connectivity index (χ4v) is 4.66. The minimum Gasteiger partial charge on any atom is -0.494 e. The highest BCUT2D eigenvalue weighted by Crippen LogP contribution is 2.45. The standard InChI is InChI=1S/C18H28N2O3Si/c1-8-22-13-10-11-14-15(12-13)20(24(6,7)18(3,4)5)17(21)16(14)19-23-9-2/h10-12H,8-9H2,1-7H3/b19-16-. The van der Waals surface area contributed by atoms with Crippen molar-refractivity contribution in [2.45, 2.75) is 52.8 Å². The van der Waals surface area contributed by atoms with Crippen molar-refractivity contribution in [1.82, 2.24) is 0 Å². The van der Waals surface area contributed by atoms with Crippen molar-refractivity contribution in [3.8, 4) is 5.75 Å². The monoisotopic (exact) mass is 348 g/mol. The van der Waals surface area contributed by atoms with Crippen LogP contribution < -0.4 is 9.30 Å². The summed E-state index contributed by atoms with van der Waals surface area (Å²) in [6.07, 6.45) is 0. The summed E-state index contributed by atoms with van der Waals surface area (Å²) >= 11 is 0. The van der Waals surface area contributed by atoms with Crippen LogP contribution in [-0.2, 0) is 9.63 Å². The number of hydrogen-bond acceptors (Lipinski definition) is 4. The molecule has 5 nitrogen and oxygen atoms in total. The molecule has 1 heterocycles. The van der Waals surface area contributed by atoms with Crippen LogP contribution in [0, 0.1) is 0 Å². The van der Waals surface area contributed by atoms with Gasteiger partial charge in [0.15, 0.2) is 13.9 Å². The first-order valence-electron chi connectivity index (χ1n) is 8.46. The van der Waals surface area contributed by atoms with Crippen molar-refractivity contribution in [2.75, 3.05) is 17.8 Å². The number of hydrogen-bond donors (Lipinski definition) is 0. The van der Waals surface area contributed by atoms with Crippen LogP contribution in [0.1, 0.15) is 40.2 Å². The van der Waals surface area contributed by atoms with Crippen LogP contribution in [-0.4, -0.2) is 33.1 Å². The fraction of sp³-hybridized carbons (Fsp3) is 0.556. The molecule has 132 valence electrons. The molecule has 1 aliphatic rings. The van der Waals surface area contributed by atoms with Crippen LogP contribution in [0.4, 0.5) is 5.69 Å². The number of rotatable bonds is 5. The van der Waals surface area contributed by atoms with Gasteiger partial charge in [-0.25, -0.2) is 0 Å². The van der Waals surface area contributed by atoms with E-state index < -0.39 is 8.24 Å². The first-order chi connectivity index (χ1) is 11.1. The maximum atomic E-state index is 13.1. The van der Waals surface area contributed by atoms with Crippen LogP contribution in [0.15, 0.2) is 23.4 Å². The lowest BCUT2D eigenvalue weighted by molar-refractivity contribution is -0.111. The van der Waals surface area contributed by atoms with Crippen LogP contribution in [0.5, 0.6) is 5.75 Å². The number of amides is 1. The Hall–Kier alpha value is -1.82. The van der Waals surface area contributed by atoms with Gasteiger partial charge in [0.2, 0.25) is 0 Å². The molecule has 0 bridgehead atoms. The molecule has 0 aromatic heterocycles. The zero-order chi connectivity index (χ0) is 18.1. The number of carbonyl (C=O) groups excluding carboxylic acids is 1. The van der Waals surface area contributed by atoms with Gasteiger partial charge in [-0.1, -0.05) is 39.0 Å². The molecule has 1 aliphatic heterocycles. The summed E-state index contributed by atoms with van der Waals surface area (Å²) in [6.45, 7) is 15.8. The quantitative estimate of drug-likeness (QED) is 0.592. The molecular formula is C18H28N2O3Si. The summed E-state index contributed by atoms with van der Waals surface area (Å²) in [4.78, 5) is 18.3. The van der Waals surface area contributed by atoms with Crippen molar-refractivity contribution < 1.29 is 14.4 Å². The largest absolute Gasteiger partial charge is 0.494 e. The molecule has 1 aromatic carbocycles. The average molecular weight is 349 g/mol. The molecule has 0 saturated carbocycles. The maximum absolute atomic E-state index is 13.1. The van der Waals surface area contributed by atoms with Crippen molar-refractivity contribution in [2.24, 2.45) is 5.16 Å². The van der Waals surface area contributed by atoms with E-state index in [1.54, 1.807) is 0 Å². The van der Waals surface area contributed by atoms with Gasteiger partial charge in [0.25, 0.3) is 5.91 Å². The minimum atomic E-state index is -2.12. The van der Waals surface area contributed by atoms with Crippen LogP contribution in [0.3, 0.4) is 0 Å². The van der Waals surface area contributed by atoms with E-state index in [2.05, 4.69) is 39.0 Å². The van der Waals surface area contributed by atoms with E-state index in [0.29, 0.717) is 18.9 Å². The van der Waals surface area contributed by atoms with Gasteiger partial charge < -0.3 is 14.1 Å². The fourth-order valence-electron chi connectivity index (χ4n) is 2.59. The van der Waals surface area contributed by atoms with E-state index in [1.807, 2.05) is 36.6 Å². The smallest absolute Gasteiger partial charge is 0.273 e. The summed E-state index contributed by atoms with van der Waals surface area (Å²) in [6, 6.07) is 5.74. The lowest BCUT2D eigenvalue weighted by atomic mass is 10.1. The Morgan fingerprint density at radius 3 is 2.38 bits per heavy atom. The SMILES string of the molecule is CCO/N=C1\C(=O)N([Si](C)(C)C(C)(C)C)c2cc(OCC)ccc21. The predicted molar refractivity (Wildman–Crippen MR) is 100 cm³/mol. The van der Waals surface area contributed by atoms with Gasteiger partial charge in [0, 0.05) is 17.3 Å². The summed E-state index contributed by atoms with van der Waals surface area (Å²) < 4.78 is 7.60. The summed E-state index contributed by atoms with van der Waals surface area (Å²) in [5.41, 5.74) is 2.09. The van der Waals surface area contributed by atoms with E-state index >= 15 is 0 Å². The number of nitrogens with zero attached hydrogens (tertiary/aromatic N) is 2. The number of ether oxygens (including phenoxy) is 1. The van der Waals surface area contributed by atoms with Gasteiger partial charge in [-0.3, -0.25) is 4.79 Å². The Kier molecular flexibility index (Phi) is 5.08. The van der Waals surface area contributed by atoms with E-state index in [4.69, 9.17) is 9.57 Å². The Morgan fingerprint density at radius 1 is 1.17 bits per heavy atom. The molecule has 24 heavy (non-hydrogen) atoms. The molecule has 0 spiro atoms. The van der Waals surface area contributed by atoms with E-state index in [9.17, 15) is 4.79 Å². The Labute approximate surface area is 145 Å². The first-order valence-corrected chi connectivity index (χ1v) is 11.4. The first kappa shape index (κ1) is 18.5. The summed E-state index contributed by atoms with van der Waals surface area (Å²) in [5, 5.41) is 4.11. The third kappa shape index (κ3) is 3.07. The second-order valence-corrected chi connectivity index (χ2v) is 12.5. The number of oxime groups is 1. The highest BCUT2D eigenvalue weighted by Gasteiger charge is 2.50. The second-order valence-electron chi connectivity index (χ2n) is 7.42. The Bertz CT molecular complexity index is 663. The summed E-state index contributed by atoms with van der Waals surface area (Å²) in [5.74, 6) is 0.698. The molecule has 0 atom stereocenters. The lowest BCUT2D eigenvalue weighted by Crippen LogP contribution is -2.57. The van der Waals surface area contributed by atoms with Crippen molar-refractivity contribution in [3.63, 3.8) is 0 Å². The molecule has 1 aromatic rings. The van der Waals surface area contributed by atoms with Crippen LogP contribution in [0.25, 0.3) is 0 Å². The van der Waals surface area contributed by atoms with Gasteiger partial charge in [0.1, 0.15) is 12.4 Å². The zero-order valence-electron chi connectivity index (χ0n) is 15.8. The van der Waals surface area contributed by atoms with E-state index in [0.717, 1.165) is 17.0 Å². The topological polar surface area (TPSA) is 51.1 Å². The van der Waals surface area contributed by atoms with Gasteiger partial charge in [0.05, 0.1) is 6.61 Å². The second kappa shape index (κ2) is 6.59. The lowest BCUT2D eigenvalue weighted by Gasteiger charge is -2.43. The third-order valence-electron chi connectivity index (χ3n) is 4.86. The highest BCUT2D eigenvalue weighted by molar-refractivity contribution is 6.90. The minimum absolute atomic E-state index is 0.0165. The highest BCUT2D eigenvalue weighted by atomic mass is 28.3. The van der Waals surface area contributed by atoms with E-state index in [1.165, 1.54) is 0 Å². The molecule has 0 radical (unpaired) electrons. The molecule has 0 N–H and O–H groups in total. The molecular weight excluding hydrogens is 320 g/mol. The average Bonchev–Trinajstić information content (AvgIpc) is 2.75. The zero-order valence-corrected chi connectivity index (χ0v) is 16.8. The van der Waals surface area contributed by atoms with Gasteiger partial charge in [-0.2, -0.15) is 0 Å². The number of benzene rings is 1. The molecule has 1 amide bonds. The Balaban J connectivity index is 2.62. The van der Waals surface area contributed by atoms with Crippen molar-refractivity contribution in [1.29, 1.82) is 0 Å². The predicted octanol–water partition coefficient (Wildman–Crippen LogP) is 4.18. The van der Waals surface area contributed by atoms with Gasteiger partial charge >= 0.3 is 0 Å². The molecule has 0 aliphatic carbocycles. The molecule has 0 unspecified atom stereocenters. The van der Waals surface area contributed by atoms with Crippen LogP contribution in [0.2, 0.25) is 18.1 Å². The van der Waals surface area contributed by atoms with Gasteiger partial charge in [-0.15, -0.1) is 0 Å². The number of fused-ring (bicyclic) bond motifs is 1. The molecule has 0 fully saturated rings. The molecule has 6 heteroatoms. The third-order valence-corrected chi connectivity index (χ3v) is 10.1. The maximum Gasteiger partial charge on any atom is 0.273 e. The van der Waals surface area contributed by atoms with Gasteiger partial charge in [-0.05, 0) is 31.0 Å².